The summed E-state index contributed by atoms with van der Waals surface area (Å²) in [6.45, 7) is 1.71. The fraction of sp³-hybridized carbons (Fsp3) is 0.562. The Morgan fingerprint density at radius 1 is 1.15 bits per heavy atom. The predicted molar refractivity (Wildman–Crippen MR) is 80.1 cm³/mol. The van der Waals surface area contributed by atoms with Crippen LogP contribution in [-0.2, 0) is 4.74 Å². The van der Waals surface area contributed by atoms with Gasteiger partial charge in [0.15, 0.2) is 0 Å². The highest BCUT2D eigenvalue weighted by Crippen LogP contribution is 2.37. The molecule has 0 spiro atoms. The Kier molecular flexibility index (Phi) is 3.11. The molecular weight excluding hydrogens is 250 g/mol. The van der Waals surface area contributed by atoms with Crippen molar-refractivity contribution in [1.82, 2.24) is 9.97 Å². The highest BCUT2D eigenvalue weighted by molar-refractivity contribution is 5.82. The molecule has 2 N–H and O–H groups in total. The van der Waals surface area contributed by atoms with Crippen LogP contribution in [0.15, 0.2) is 18.3 Å². The minimum atomic E-state index is 0.495. The molecule has 106 valence electrons. The van der Waals surface area contributed by atoms with Crippen LogP contribution in [-0.4, -0.2) is 29.2 Å². The summed E-state index contributed by atoms with van der Waals surface area (Å²) in [6.07, 6.45) is 8.14. The molecule has 4 heteroatoms. The zero-order valence-electron chi connectivity index (χ0n) is 11.7. The number of fused-ring (bicyclic) bond motifs is 1. The number of aromatic amines is 1. The van der Waals surface area contributed by atoms with Gasteiger partial charge in [0.25, 0.3) is 0 Å². The van der Waals surface area contributed by atoms with Crippen LogP contribution >= 0.6 is 0 Å². The summed E-state index contributed by atoms with van der Waals surface area (Å²) in [4.78, 5) is 8.12. The lowest BCUT2D eigenvalue weighted by Gasteiger charge is -2.24. The minimum absolute atomic E-state index is 0.495. The molecule has 2 aromatic heterocycles. The van der Waals surface area contributed by atoms with E-state index in [0.717, 1.165) is 37.8 Å². The first kappa shape index (κ1) is 12.2. The molecule has 1 saturated heterocycles. The molecule has 1 saturated carbocycles. The van der Waals surface area contributed by atoms with E-state index < -0.39 is 0 Å². The van der Waals surface area contributed by atoms with Gasteiger partial charge in [-0.05, 0) is 37.7 Å². The molecule has 0 unspecified atom stereocenters. The van der Waals surface area contributed by atoms with Crippen molar-refractivity contribution in [3.63, 3.8) is 0 Å². The average Bonchev–Trinajstić information content (AvgIpc) is 2.80. The third-order valence-electron chi connectivity index (χ3n) is 4.64. The molecule has 2 aliphatic rings. The predicted octanol–water partition coefficient (Wildman–Crippen LogP) is 3.42. The lowest BCUT2D eigenvalue weighted by atomic mass is 9.83. The van der Waals surface area contributed by atoms with Gasteiger partial charge in [0.05, 0.1) is 5.52 Å². The molecule has 0 radical (unpaired) electrons. The van der Waals surface area contributed by atoms with Gasteiger partial charge in [-0.2, -0.15) is 0 Å². The van der Waals surface area contributed by atoms with E-state index in [0.29, 0.717) is 6.04 Å². The van der Waals surface area contributed by atoms with Gasteiger partial charge in [-0.3, -0.25) is 0 Å². The van der Waals surface area contributed by atoms with Gasteiger partial charge in [-0.1, -0.05) is 6.42 Å². The summed E-state index contributed by atoms with van der Waals surface area (Å²) in [5.74, 6) is 1.72. The van der Waals surface area contributed by atoms with Crippen LogP contribution in [0.25, 0.3) is 10.9 Å². The Hall–Kier alpha value is -1.55. The second-order valence-corrected chi connectivity index (χ2v) is 6.04. The standard InChI is InChI=1S/C16H21N3O/c1-2-11(3-1)14-8-12-10-17-16(9-15(12)19-14)18-13-4-6-20-7-5-13/h8-11,13,19H,1-7H2,(H,17,18). The number of H-pyrrole nitrogens is 1. The first-order valence-corrected chi connectivity index (χ1v) is 7.71. The molecule has 2 aromatic rings. The lowest BCUT2D eigenvalue weighted by molar-refractivity contribution is 0.0904. The van der Waals surface area contributed by atoms with E-state index in [1.807, 2.05) is 6.20 Å². The maximum absolute atomic E-state index is 5.39. The van der Waals surface area contributed by atoms with Gasteiger partial charge in [0.2, 0.25) is 0 Å². The maximum Gasteiger partial charge on any atom is 0.128 e. The SMILES string of the molecule is c1nc(NC2CCOCC2)cc2[nH]c(C3CCC3)cc12. The number of pyridine rings is 1. The monoisotopic (exact) mass is 271 g/mol. The van der Waals surface area contributed by atoms with E-state index in [2.05, 4.69) is 27.4 Å². The molecule has 0 bridgehead atoms. The van der Waals surface area contributed by atoms with Crippen LogP contribution in [0.2, 0.25) is 0 Å². The van der Waals surface area contributed by atoms with Crippen LogP contribution in [0.3, 0.4) is 0 Å². The maximum atomic E-state index is 5.39. The number of hydrogen-bond acceptors (Lipinski definition) is 3. The normalized spacial score (nSPS) is 21.0. The molecule has 1 aliphatic heterocycles. The summed E-state index contributed by atoms with van der Waals surface area (Å²) in [7, 11) is 0. The number of rotatable bonds is 3. The summed E-state index contributed by atoms with van der Waals surface area (Å²) in [5.41, 5.74) is 2.59. The number of hydrogen-bond donors (Lipinski definition) is 2. The van der Waals surface area contributed by atoms with Crippen molar-refractivity contribution < 1.29 is 4.74 Å². The van der Waals surface area contributed by atoms with Crippen molar-refractivity contribution in [2.24, 2.45) is 0 Å². The fourth-order valence-corrected chi connectivity index (χ4v) is 3.12. The first-order chi connectivity index (χ1) is 9.88. The van der Waals surface area contributed by atoms with Crippen molar-refractivity contribution in [2.75, 3.05) is 18.5 Å². The van der Waals surface area contributed by atoms with Crippen molar-refractivity contribution in [3.8, 4) is 0 Å². The molecule has 0 aromatic carbocycles. The molecule has 1 aliphatic carbocycles. The van der Waals surface area contributed by atoms with E-state index in [9.17, 15) is 0 Å². The van der Waals surface area contributed by atoms with E-state index >= 15 is 0 Å². The van der Waals surface area contributed by atoms with E-state index in [4.69, 9.17) is 4.74 Å². The third kappa shape index (κ3) is 2.29. The second-order valence-electron chi connectivity index (χ2n) is 6.04. The molecule has 2 fully saturated rings. The summed E-state index contributed by atoms with van der Waals surface area (Å²) in [5, 5.41) is 4.75. The van der Waals surface area contributed by atoms with E-state index in [-0.39, 0.29) is 0 Å². The molecule has 3 heterocycles. The molecule has 4 nitrogen and oxygen atoms in total. The summed E-state index contributed by atoms with van der Waals surface area (Å²) in [6, 6.07) is 4.91. The van der Waals surface area contributed by atoms with Gasteiger partial charge < -0.3 is 15.0 Å². The Morgan fingerprint density at radius 3 is 2.75 bits per heavy atom. The number of aromatic nitrogens is 2. The number of nitrogens with zero attached hydrogens (tertiary/aromatic N) is 1. The first-order valence-electron chi connectivity index (χ1n) is 7.71. The number of ether oxygens (including phenoxy) is 1. The lowest BCUT2D eigenvalue weighted by Crippen LogP contribution is -2.28. The highest BCUT2D eigenvalue weighted by Gasteiger charge is 2.21. The van der Waals surface area contributed by atoms with Crippen LogP contribution in [0.1, 0.15) is 43.7 Å². The molecular formula is C16H21N3O. The zero-order chi connectivity index (χ0) is 13.4. The number of anilines is 1. The van der Waals surface area contributed by atoms with Gasteiger partial charge in [-0.25, -0.2) is 4.98 Å². The highest BCUT2D eigenvalue weighted by atomic mass is 16.5. The van der Waals surface area contributed by atoms with Gasteiger partial charge in [0, 0.05) is 42.6 Å². The second kappa shape index (κ2) is 5.09. The largest absolute Gasteiger partial charge is 0.381 e. The summed E-state index contributed by atoms with van der Waals surface area (Å²) >= 11 is 0. The Morgan fingerprint density at radius 2 is 2.00 bits per heavy atom. The smallest absolute Gasteiger partial charge is 0.128 e. The van der Waals surface area contributed by atoms with Gasteiger partial charge in [-0.15, -0.1) is 0 Å². The van der Waals surface area contributed by atoms with Crippen LogP contribution < -0.4 is 5.32 Å². The number of nitrogens with one attached hydrogen (secondary N) is 2. The molecule has 4 rings (SSSR count). The minimum Gasteiger partial charge on any atom is -0.381 e. The van der Waals surface area contributed by atoms with Crippen molar-refractivity contribution in [3.05, 3.63) is 24.0 Å². The van der Waals surface area contributed by atoms with Crippen molar-refractivity contribution in [1.29, 1.82) is 0 Å². The Balaban J connectivity index is 1.54. The average molecular weight is 271 g/mol. The zero-order valence-corrected chi connectivity index (χ0v) is 11.7. The van der Waals surface area contributed by atoms with Gasteiger partial charge in [0.1, 0.15) is 5.82 Å². The van der Waals surface area contributed by atoms with Gasteiger partial charge >= 0.3 is 0 Å². The topological polar surface area (TPSA) is 49.9 Å². The van der Waals surface area contributed by atoms with Crippen LogP contribution in [0.4, 0.5) is 5.82 Å². The molecule has 20 heavy (non-hydrogen) atoms. The Labute approximate surface area is 118 Å². The van der Waals surface area contributed by atoms with E-state index in [1.54, 1.807) is 0 Å². The van der Waals surface area contributed by atoms with E-state index in [1.165, 1.54) is 35.9 Å². The fourth-order valence-electron chi connectivity index (χ4n) is 3.12. The Bertz CT molecular complexity index is 597. The molecule has 0 atom stereocenters. The van der Waals surface area contributed by atoms with Crippen molar-refractivity contribution in [2.45, 2.75) is 44.1 Å². The van der Waals surface area contributed by atoms with Crippen LogP contribution in [0, 0.1) is 0 Å². The quantitative estimate of drug-likeness (QED) is 0.899. The van der Waals surface area contributed by atoms with Crippen LogP contribution in [0.5, 0.6) is 0 Å². The summed E-state index contributed by atoms with van der Waals surface area (Å²) < 4.78 is 5.39. The molecule has 0 amide bonds. The third-order valence-corrected chi connectivity index (χ3v) is 4.64. The van der Waals surface area contributed by atoms with Crippen molar-refractivity contribution >= 4 is 16.7 Å².